The highest BCUT2D eigenvalue weighted by Crippen LogP contribution is 2.42. The average molecular weight is 460 g/mol. The first-order valence-electron chi connectivity index (χ1n) is 13.0. The predicted octanol–water partition coefficient (Wildman–Crippen LogP) is 4.73. The van der Waals surface area contributed by atoms with Crippen molar-refractivity contribution in [3.8, 4) is 0 Å². The monoisotopic (exact) mass is 459 g/mol. The number of rotatable bonds is 5. The molecule has 2 aromatic rings. The normalized spacial score (nSPS) is 26.0. The fourth-order valence-electron chi connectivity index (χ4n) is 6.05. The fraction of sp³-hybridized carbons (Fsp3) is 0.483. The van der Waals surface area contributed by atoms with Gasteiger partial charge in [0.1, 0.15) is 0 Å². The van der Waals surface area contributed by atoms with E-state index in [0.29, 0.717) is 6.04 Å². The summed E-state index contributed by atoms with van der Waals surface area (Å²) in [5.41, 5.74) is 3.61. The molecule has 0 radical (unpaired) electrons. The summed E-state index contributed by atoms with van der Waals surface area (Å²) in [4.78, 5) is 17.5. The largest absolute Gasteiger partial charge is 0.395 e. The second-order valence-electron chi connectivity index (χ2n) is 10.1. The molecule has 3 aliphatic rings. The summed E-state index contributed by atoms with van der Waals surface area (Å²) in [6, 6.07) is 19.9. The zero-order valence-electron chi connectivity index (χ0n) is 20.0. The Balaban J connectivity index is 1.29. The third-order valence-corrected chi connectivity index (χ3v) is 7.93. The molecule has 180 valence electrons. The molecule has 1 aliphatic carbocycles. The molecule has 0 aromatic heterocycles. The van der Waals surface area contributed by atoms with Crippen molar-refractivity contribution in [2.45, 2.75) is 62.6 Å². The van der Waals surface area contributed by atoms with Crippen LogP contribution in [0.2, 0.25) is 0 Å². The fourth-order valence-corrected chi connectivity index (χ4v) is 6.05. The standard InChI is InChI=1S/C29H37N3O2/c33-21-27-28(24-16-14-23(15-17-24)13-12-22-8-2-1-3-9-22)26-20-31(18-6-7-19-32(26)27)29(34)30-25-10-4-5-11-25/h1-3,8-9,12-17,25-28,33H,4-7,10-11,18-21H2,(H,30,34)/b13-12+/t26-,27-,28+/m1/s1. The number of nitrogens with one attached hydrogen (secondary N) is 1. The van der Waals surface area contributed by atoms with E-state index in [0.717, 1.165) is 45.3 Å². The van der Waals surface area contributed by atoms with Gasteiger partial charge >= 0.3 is 6.03 Å². The number of fused-ring (bicyclic) bond motifs is 1. The van der Waals surface area contributed by atoms with Gasteiger partial charge in [-0.1, -0.05) is 79.6 Å². The minimum absolute atomic E-state index is 0.0985. The second kappa shape index (κ2) is 10.7. The van der Waals surface area contributed by atoms with Gasteiger partial charge in [0.15, 0.2) is 0 Å². The molecule has 2 aromatic carbocycles. The molecule has 5 nitrogen and oxygen atoms in total. The molecule has 0 bridgehead atoms. The molecule has 5 heteroatoms. The summed E-state index contributed by atoms with van der Waals surface area (Å²) < 4.78 is 0. The zero-order valence-corrected chi connectivity index (χ0v) is 20.0. The molecular formula is C29H37N3O2. The minimum atomic E-state index is 0.0985. The summed E-state index contributed by atoms with van der Waals surface area (Å²) in [6.07, 6.45) is 11.0. The number of carbonyl (C=O) groups excluding carboxylic acids is 1. The van der Waals surface area contributed by atoms with Crippen molar-refractivity contribution < 1.29 is 9.90 Å². The number of aliphatic hydroxyl groups is 1. The first kappa shape index (κ1) is 23.1. The van der Waals surface area contributed by atoms with Crippen LogP contribution >= 0.6 is 0 Å². The predicted molar refractivity (Wildman–Crippen MR) is 138 cm³/mol. The molecule has 0 spiro atoms. The van der Waals surface area contributed by atoms with E-state index in [4.69, 9.17) is 0 Å². The number of hydrogen-bond donors (Lipinski definition) is 2. The van der Waals surface area contributed by atoms with E-state index in [2.05, 4.69) is 58.8 Å². The van der Waals surface area contributed by atoms with Crippen LogP contribution in [-0.2, 0) is 0 Å². The number of amides is 2. The van der Waals surface area contributed by atoms with E-state index in [1.165, 1.54) is 29.5 Å². The van der Waals surface area contributed by atoms with Gasteiger partial charge in [-0.3, -0.25) is 4.90 Å². The van der Waals surface area contributed by atoms with Crippen molar-refractivity contribution in [3.05, 3.63) is 71.3 Å². The van der Waals surface area contributed by atoms with Gasteiger partial charge in [0.05, 0.1) is 6.61 Å². The van der Waals surface area contributed by atoms with E-state index >= 15 is 0 Å². The van der Waals surface area contributed by atoms with Gasteiger partial charge in [-0.25, -0.2) is 4.79 Å². The number of aliphatic hydroxyl groups excluding tert-OH is 1. The van der Waals surface area contributed by atoms with Crippen molar-refractivity contribution in [1.82, 2.24) is 15.1 Å². The SMILES string of the molecule is O=C(NC1CCCC1)N1CCCCN2[C@H](CO)[C@@H](c3ccc(/C=C/c4ccccc4)cc3)[C@H]2C1. The number of hydrogen-bond acceptors (Lipinski definition) is 3. The van der Waals surface area contributed by atoms with E-state index in [9.17, 15) is 9.90 Å². The molecule has 2 heterocycles. The van der Waals surface area contributed by atoms with Crippen LogP contribution in [0.15, 0.2) is 54.6 Å². The molecule has 5 rings (SSSR count). The van der Waals surface area contributed by atoms with Gasteiger partial charge in [0, 0.05) is 37.1 Å². The summed E-state index contributed by atoms with van der Waals surface area (Å²) in [6.45, 7) is 2.71. The molecule has 34 heavy (non-hydrogen) atoms. The van der Waals surface area contributed by atoms with Crippen LogP contribution in [0.25, 0.3) is 12.2 Å². The maximum Gasteiger partial charge on any atom is 0.317 e. The first-order chi connectivity index (χ1) is 16.7. The van der Waals surface area contributed by atoms with Gasteiger partial charge in [-0.15, -0.1) is 0 Å². The molecule has 2 aliphatic heterocycles. The van der Waals surface area contributed by atoms with Gasteiger partial charge in [-0.2, -0.15) is 0 Å². The lowest BCUT2D eigenvalue weighted by atomic mass is 9.74. The molecule has 3 atom stereocenters. The van der Waals surface area contributed by atoms with Crippen molar-refractivity contribution in [1.29, 1.82) is 0 Å². The van der Waals surface area contributed by atoms with Crippen LogP contribution < -0.4 is 5.32 Å². The van der Waals surface area contributed by atoms with Gasteiger partial charge in [-0.05, 0) is 48.9 Å². The summed E-state index contributed by atoms with van der Waals surface area (Å²) in [7, 11) is 0. The molecule has 0 unspecified atom stereocenters. The zero-order chi connectivity index (χ0) is 23.3. The molecule has 2 saturated heterocycles. The Labute approximate surface area is 203 Å². The maximum atomic E-state index is 13.1. The Kier molecular flexibility index (Phi) is 7.31. The van der Waals surface area contributed by atoms with Gasteiger partial charge in [0.25, 0.3) is 0 Å². The van der Waals surface area contributed by atoms with Gasteiger partial charge in [0.2, 0.25) is 0 Å². The van der Waals surface area contributed by atoms with Crippen LogP contribution in [-0.4, -0.2) is 65.3 Å². The van der Waals surface area contributed by atoms with E-state index in [1.807, 2.05) is 23.1 Å². The first-order valence-corrected chi connectivity index (χ1v) is 13.0. The molecule has 2 amide bonds. The average Bonchev–Trinajstić information content (AvgIpc) is 3.36. The van der Waals surface area contributed by atoms with Crippen molar-refractivity contribution in [3.63, 3.8) is 0 Å². The molecule has 2 N–H and O–H groups in total. The molecular weight excluding hydrogens is 422 g/mol. The van der Waals surface area contributed by atoms with Crippen LogP contribution in [0.3, 0.4) is 0 Å². The van der Waals surface area contributed by atoms with Crippen LogP contribution in [0.4, 0.5) is 4.79 Å². The Bertz CT molecular complexity index is 969. The lowest BCUT2D eigenvalue weighted by Crippen LogP contribution is -2.68. The summed E-state index contributed by atoms with van der Waals surface area (Å²) >= 11 is 0. The minimum Gasteiger partial charge on any atom is -0.395 e. The van der Waals surface area contributed by atoms with Crippen molar-refractivity contribution in [2.75, 3.05) is 26.2 Å². The van der Waals surface area contributed by atoms with Crippen LogP contribution in [0, 0.1) is 0 Å². The Morgan fingerprint density at radius 3 is 2.29 bits per heavy atom. The van der Waals surface area contributed by atoms with E-state index in [1.54, 1.807) is 0 Å². The van der Waals surface area contributed by atoms with Crippen LogP contribution in [0.5, 0.6) is 0 Å². The van der Waals surface area contributed by atoms with Crippen LogP contribution in [0.1, 0.15) is 61.1 Å². The summed E-state index contributed by atoms with van der Waals surface area (Å²) in [5.74, 6) is 0.247. The number of urea groups is 1. The van der Waals surface area contributed by atoms with Crippen molar-refractivity contribution in [2.24, 2.45) is 0 Å². The Morgan fingerprint density at radius 2 is 1.59 bits per heavy atom. The smallest absolute Gasteiger partial charge is 0.317 e. The highest BCUT2D eigenvalue weighted by atomic mass is 16.3. The Hall–Kier alpha value is -2.63. The lowest BCUT2D eigenvalue weighted by molar-refractivity contribution is -0.0591. The maximum absolute atomic E-state index is 13.1. The molecule has 1 saturated carbocycles. The number of carbonyl (C=O) groups is 1. The Morgan fingerprint density at radius 1 is 0.912 bits per heavy atom. The van der Waals surface area contributed by atoms with E-state index < -0.39 is 0 Å². The van der Waals surface area contributed by atoms with E-state index in [-0.39, 0.29) is 30.6 Å². The quantitative estimate of drug-likeness (QED) is 0.636. The van der Waals surface area contributed by atoms with Gasteiger partial charge < -0.3 is 15.3 Å². The number of nitrogens with zero attached hydrogens (tertiary/aromatic N) is 2. The summed E-state index contributed by atoms with van der Waals surface area (Å²) in [5, 5.41) is 13.5. The second-order valence-corrected chi connectivity index (χ2v) is 10.1. The lowest BCUT2D eigenvalue weighted by Gasteiger charge is -2.57. The molecule has 3 fully saturated rings. The highest BCUT2D eigenvalue weighted by molar-refractivity contribution is 5.74. The third-order valence-electron chi connectivity index (χ3n) is 7.93. The highest BCUT2D eigenvalue weighted by Gasteiger charge is 2.49. The van der Waals surface area contributed by atoms with Crippen molar-refractivity contribution >= 4 is 18.2 Å². The topological polar surface area (TPSA) is 55.8 Å². The third kappa shape index (κ3) is 5.06. The number of benzene rings is 2.